The minimum Gasteiger partial charge on any atom is -0.384 e. The van der Waals surface area contributed by atoms with Gasteiger partial charge in [0.15, 0.2) is 0 Å². The lowest BCUT2D eigenvalue weighted by Gasteiger charge is -2.19. The molecule has 3 N–H and O–H groups in total. The molecule has 13 nitrogen and oxygen atoms in total. The van der Waals surface area contributed by atoms with E-state index in [2.05, 4.69) is 19.7 Å². The molecule has 0 fully saturated rings. The predicted molar refractivity (Wildman–Crippen MR) is 121 cm³/mol. The highest BCUT2D eigenvalue weighted by atomic mass is 32.3. The van der Waals surface area contributed by atoms with Crippen molar-refractivity contribution in [2.45, 2.75) is 11.8 Å². The van der Waals surface area contributed by atoms with E-state index in [0.717, 1.165) is 10.4 Å². The van der Waals surface area contributed by atoms with E-state index < -0.39 is 42.9 Å². The quantitative estimate of drug-likeness (QED) is 0.291. The average molecular weight is 523 g/mol. The lowest BCUT2D eigenvalue weighted by molar-refractivity contribution is 0.284. The zero-order chi connectivity index (χ0) is 24.9. The summed E-state index contributed by atoms with van der Waals surface area (Å²) < 4.78 is 91.6. The summed E-state index contributed by atoms with van der Waals surface area (Å²) in [5.74, 6) is -0.691. The van der Waals surface area contributed by atoms with Crippen molar-refractivity contribution in [2.75, 3.05) is 35.6 Å². The molecule has 0 unspecified atom stereocenters. The molecular weight excluding hydrogens is 500 g/mol. The Bertz CT molecular complexity index is 1320. The van der Waals surface area contributed by atoms with Crippen LogP contribution in [0.2, 0.25) is 0 Å². The number of sulfonamides is 1. The van der Waals surface area contributed by atoms with Gasteiger partial charge in [-0.25, -0.2) is 12.6 Å². The maximum atomic E-state index is 12.3. The SMILES string of the molecule is CCNc1ccc(/N=N/c2ccc(N(C)S(=O)(=O)CCOS(=O)(=O)O)cc2)cc1S(=O)(=O)O. The first-order chi connectivity index (χ1) is 15.2. The molecule has 2 aromatic rings. The molecule has 0 radical (unpaired) electrons. The zero-order valence-electron chi connectivity index (χ0n) is 17.5. The summed E-state index contributed by atoms with van der Waals surface area (Å²) in [7, 11) is -11.9. The number of benzene rings is 2. The standard InChI is InChI=1S/C17H22N4O9S3/c1-3-18-16-9-6-14(12-17(16)32(24,25)26)20-19-13-4-7-15(8-5-13)21(2)31(22,23)11-10-30-33(27,28)29/h4-9,12,18H,3,10-11H2,1-2H3,(H,24,25,26)(H,27,28,29)/b20-19+. The summed E-state index contributed by atoms with van der Waals surface area (Å²) in [5, 5.41) is 10.7. The van der Waals surface area contributed by atoms with Gasteiger partial charge in [-0.1, -0.05) is 0 Å². The molecule has 16 heteroatoms. The summed E-state index contributed by atoms with van der Waals surface area (Å²) in [4.78, 5) is -0.346. The van der Waals surface area contributed by atoms with Crippen LogP contribution >= 0.6 is 0 Å². The second-order valence-corrected chi connectivity index (χ2v) is 11.0. The molecule has 2 rings (SSSR count). The first-order valence-corrected chi connectivity index (χ1v) is 13.6. The number of rotatable bonds is 11. The van der Waals surface area contributed by atoms with Crippen molar-refractivity contribution < 1.29 is 38.5 Å². The van der Waals surface area contributed by atoms with Gasteiger partial charge in [0.2, 0.25) is 10.0 Å². The van der Waals surface area contributed by atoms with Crippen molar-refractivity contribution in [3.8, 4) is 0 Å². The highest BCUT2D eigenvalue weighted by Crippen LogP contribution is 2.28. The van der Waals surface area contributed by atoms with Crippen LogP contribution in [0.5, 0.6) is 0 Å². The predicted octanol–water partition coefficient (Wildman–Crippen LogP) is 2.37. The van der Waals surface area contributed by atoms with E-state index in [-0.39, 0.29) is 22.0 Å². The number of azo groups is 1. The molecule has 0 bridgehead atoms. The van der Waals surface area contributed by atoms with E-state index in [4.69, 9.17) is 4.55 Å². The molecule has 182 valence electrons. The van der Waals surface area contributed by atoms with Gasteiger partial charge in [0, 0.05) is 13.6 Å². The van der Waals surface area contributed by atoms with Crippen LogP contribution in [-0.2, 0) is 34.7 Å². The third-order valence-electron chi connectivity index (χ3n) is 4.10. The minimum absolute atomic E-state index is 0.159. The first kappa shape index (κ1) is 26.6. The monoisotopic (exact) mass is 522 g/mol. The van der Waals surface area contributed by atoms with Crippen LogP contribution in [-0.4, -0.2) is 60.3 Å². The van der Waals surface area contributed by atoms with Gasteiger partial charge in [-0.3, -0.25) is 13.4 Å². The summed E-state index contributed by atoms with van der Waals surface area (Å²) in [5.41, 5.74) is 0.939. The number of hydrogen-bond donors (Lipinski definition) is 3. The van der Waals surface area contributed by atoms with Crippen molar-refractivity contribution in [3.63, 3.8) is 0 Å². The van der Waals surface area contributed by atoms with Gasteiger partial charge >= 0.3 is 10.4 Å². The van der Waals surface area contributed by atoms with Gasteiger partial charge in [0.25, 0.3) is 10.1 Å². The van der Waals surface area contributed by atoms with Crippen LogP contribution in [0, 0.1) is 0 Å². The number of nitrogens with one attached hydrogen (secondary N) is 1. The van der Waals surface area contributed by atoms with E-state index >= 15 is 0 Å². The average Bonchev–Trinajstić information content (AvgIpc) is 2.71. The van der Waals surface area contributed by atoms with Gasteiger partial charge < -0.3 is 5.32 Å². The van der Waals surface area contributed by atoms with Crippen molar-refractivity contribution in [1.29, 1.82) is 0 Å². The Balaban J connectivity index is 2.16. The molecule has 0 aliphatic rings. The van der Waals surface area contributed by atoms with Gasteiger partial charge in [0.1, 0.15) is 4.90 Å². The van der Waals surface area contributed by atoms with Gasteiger partial charge in [-0.2, -0.15) is 27.1 Å². The fourth-order valence-corrected chi connectivity index (χ4v) is 4.61. The molecular formula is C17H22N4O9S3. The fourth-order valence-electron chi connectivity index (χ4n) is 2.51. The molecule has 33 heavy (non-hydrogen) atoms. The molecule has 0 spiro atoms. The summed E-state index contributed by atoms with van der Waals surface area (Å²) in [6.07, 6.45) is 0. The molecule has 0 heterocycles. The topological polar surface area (TPSA) is 192 Å². The maximum absolute atomic E-state index is 12.3. The highest BCUT2D eigenvalue weighted by molar-refractivity contribution is 7.92. The Hall–Kier alpha value is -2.63. The van der Waals surface area contributed by atoms with Gasteiger partial charge in [-0.15, -0.1) is 0 Å². The summed E-state index contributed by atoms with van der Waals surface area (Å²) >= 11 is 0. The normalized spacial score (nSPS) is 12.7. The maximum Gasteiger partial charge on any atom is 0.397 e. The highest BCUT2D eigenvalue weighted by Gasteiger charge is 2.20. The molecule has 0 saturated carbocycles. The van der Waals surface area contributed by atoms with E-state index in [1.807, 2.05) is 0 Å². The van der Waals surface area contributed by atoms with Gasteiger partial charge in [0.05, 0.1) is 35.1 Å². The fraction of sp³-hybridized carbons (Fsp3) is 0.294. The molecule has 0 amide bonds. The second kappa shape index (κ2) is 10.5. The van der Waals surface area contributed by atoms with Crippen LogP contribution < -0.4 is 9.62 Å². The summed E-state index contributed by atoms with van der Waals surface area (Å²) in [6, 6.07) is 9.85. The van der Waals surface area contributed by atoms with Crippen LogP contribution in [0.25, 0.3) is 0 Å². The minimum atomic E-state index is -4.74. The van der Waals surface area contributed by atoms with Crippen molar-refractivity contribution in [3.05, 3.63) is 42.5 Å². The molecule has 0 aliphatic heterocycles. The van der Waals surface area contributed by atoms with Crippen LogP contribution in [0.15, 0.2) is 57.6 Å². The van der Waals surface area contributed by atoms with Crippen molar-refractivity contribution in [2.24, 2.45) is 10.2 Å². The third-order valence-corrected chi connectivity index (χ3v) is 7.18. The molecule has 0 aromatic heterocycles. The zero-order valence-corrected chi connectivity index (χ0v) is 19.9. The van der Waals surface area contributed by atoms with Gasteiger partial charge in [-0.05, 0) is 49.4 Å². The second-order valence-electron chi connectivity index (χ2n) is 6.44. The van der Waals surface area contributed by atoms with E-state index in [1.165, 1.54) is 43.4 Å². The lowest BCUT2D eigenvalue weighted by atomic mass is 10.3. The van der Waals surface area contributed by atoms with Crippen LogP contribution in [0.4, 0.5) is 22.7 Å². The Morgan fingerprint density at radius 1 is 0.939 bits per heavy atom. The Morgan fingerprint density at radius 3 is 2.06 bits per heavy atom. The van der Waals surface area contributed by atoms with E-state index in [1.54, 1.807) is 6.92 Å². The summed E-state index contributed by atoms with van der Waals surface area (Å²) in [6.45, 7) is 1.45. The molecule has 0 atom stereocenters. The third kappa shape index (κ3) is 8.02. The number of nitrogens with zero attached hydrogens (tertiary/aromatic N) is 3. The van der Waals surface area contributed by atoms with Crippen LogP contribution in [0.3, 0.4) is 0 Å². The smallest absolute Gasteiger partial charge is 0.384 e. The van der Waals surface area contributed by atoms with Crippen molar-refractivity contribution >= 4 is 53.3 Å². The lowest BCUT2D eigenvalue weighted by Crippen LogP contribution is -2.31. The van der Waals surface area contributed by atoms with E-state index in [9.17, 15) is 29.8 Å². The Labute approximate surface area is 191 Å². The van der Waals surface area contributed by atoms with Crippen molar-refractivity contribution in [1.82, 2.24) is 0 Å². The Kier molecular flexibility index (Phi) is 8.50. The van der Waals surface area contributed by atoms with E-state index in [0.29, 0.717) is 12.2 Å². The molecule has 2 aromatic carbocycles. The molecule has 0 saturated heterocycles. The number of hydrogen-bond acceptors (Lipinski definition) is 10. The number of anilines is 2. The van der Waals surface area contributed by atoms with Crippen LogP contribution in [0.1, 0.15) is 6.92 Å². The largest absolute Gasteiger partial charge is 0.397 e. The Morgan fingerprint density at radius 2 is 1.52 bits per heavy atom. The first-order valence-electron chi connectivity index (χ1n) is 9.18. The molecule has 0 aliphatic carbocycles.